The van der Waals surface area contributed by atoms with Crippen molar-refractivity contribution in [2.24, 2.45) is 0 Å². The summed E-state index contributed by atoms with van der Waals surface area (Å²) in [5, 5.41) is 3.30. The maximum atomic E-state index is 14.1. The van der Waals surface area contributed by atoms with Crippen molar-refractivity contribution in [3.63, 3.8) is 0 Å². The second kappa shape index (κ2) is 7.18. The monoisotopic (exact) mass is 291 g/mol. The summed E-state index contributed by atoms with van der Waals surface area (Å²) in [6, 6.07) is 10.5. The van der Waals surface area contributed by atoms with E-state index in [0.29, 0.717) is 0 Å². The predicted octanol–water partition coefficient (Wildman–Crippen LogP) is 4.82. The average molecular weight is 291 g/mol. The molecule has 2 aromatic carbocycles. The fraction of sp³-hybridized carbons (Fsp3) is 0.294. The van der Waals surface area contributed by atoms with Gasteiger partial charge < -0.3 is 10.1 Å². The van der Waals surface area contributed by atoms with Gasteiger partial charge in [-0.1, -0.05) is 19.1 Å². The normalized spacial score (nSPS) is 12.2. The lowest BCUT2D eigenvalue weighted by Gasteiger charge is -2.15. The highest BCUT2D eigenvalue weighted by molar-refractivity contribution is 5.35. The number of nitrogens with one attached hydrogen (secondary N) is 1. The predicted molar refractivity (Wildman–Crippen MR) is 79.6 cm³/mol. The first-order chi connectivity index (χ1) is 10.1. The molecule has 112 valence electrons. The lowest BCUT2D eigenvalue weighted by Crippen LogP contribution is -2.19. The topological polar surface area (TPSA) is 21.3 Å². The molecule has 1 unspecified atom stereocenters. The number of rotatable bonds is 6. The van der Waals surface area contributed by atoms with E-state index in [2.05, 4.69) is 12.2 Å². The van der Waals surface area contributed by atoms with E-state index in [1.165, 1.54) is 24.3 Å². The Morgan fingerprint density at radius 2 is 1.95 bits per heavy atom. The molecule has 2 aromatic rings. The molecule has 0 heterocycles. The van der Waals surface area contributed by atoms with Crippen LogP contribution in [0.1, 0.15) is 31.9 Å². The van der Waals surface area contributed by atoms with Crippen LogP contribution < -0.4 is 10.1 Å². The zero-order valence-corrected chi connectivity index (χ0v) is 12.2. The van der Waals surface area contributed by atoms with Crippen molar-refractivity contribution < 1.29 is 13.5 Å². The molecule has 2 rings (SSSR count). The Kier molecular flexibility index (Phi) is 5.28. The Bertz CT molecular complexity index is 601. The molecule has 0 aromatic heterocycles. The van der Waals surface area contributed by atoms with Crippen LogP contribution >= 0.6 is 0 Å². The minimum atomic E-state index is -0.457. The quantitative estimate of drug-likeness (QED) is 0.824. The fourth-order valence-corrected chi connectivity index (χ4v) is 2.01. The summed E-state index contributed by atoms with van der Waals surface area (Å²) in [6.07, 6.45) is 1.02. The van der Waals surface area contributed by atoms with Crippen LogP contribution in [0, 0.1) is 11.6 Å². The molecule has 21 heavy (non-hydrogen) atoms. The number of hydrogen-bond acceptors (Lipinski definition) is 2. The van der Waals surface area contributed by atoms with E-state index in [1.807, 2.05) is 13.0 Å². The fourth-order valence-electron chi connectivity index (χ4n) is 2.01. The molecule has 0 radical (unpaired) electrons. The van der Waals surface area contributed by atoms with Crippen molar-refractivity contribution in [1.82, 2.24) is 5.32 Å². The lowest BCUT2D eigenvalue weighted by atomic mass is 10.1. The molecular weight excluding hydrogens is 272 g/mol. The van der Waals surface area contributed by atoms with Gasteiger partial charge in [0.2, 0.25) is 0 Å². The van der Waals surface area contributed by atoms with Crippen LogP contribution in [0.4, 0.5) is 8.78 Å². The van der Waals surface area contributed by atoms with Crippen molar-refractivity contribution in [2.45, 2.75) is 26.3 Å². The minimum Gasteiger partial charge on any atom is -0.454 e. The Balaban J connectivity index is 2.12. The number of ether oxygens (including phenoxy) is 1. The highest BCUT2D eigenvalue weighted by Gasteiger charge is 2.10. The van der Waals surface area contributed by atoms with Gasteiger partial charge in [-0.05, 0) is 49.7 Å². The molecule has 2 nitrogen and oxygen atoms in total. The molecule has 0 aliphatic carbocycles. The lowest BCUT2D eigenvalue weighted by molar-refractivity contribution is 0.437. The molecule has 0 saturated carbocycles. The molecule has 0 fully saturated rings. The summed E-state index contributed by atoms with van der Waals surface area (Å²) in [6.45, 7) is 4.94. The second-order valence-corrected chi connectivity index (χ2v) is 4.93. The van der Waals surface area contributed by atoms with Crippen LogP contribution in [0.15, 0.2) is 42.5 Å². The molecule has 1 N–H and O–H groups in total. The Hall–Kier alpha value is -1.94. The highest BCUT2D eigenvalue weighted by Crippen LogP contribution is 2.27. The number of benzene rings is 2. The van der Waals surface area contributed by atoms with Gasteiger partial charge in [-0.15, -0.1) is 0 Å². The largest absolute Gasteiger partial charge is 0.454 e. The molecule has 0 amide bonds. The first-order valence-corrected chi connectivity index (χ1v) is 7.06. The summed E-state index contributed by atoms with van der Waals surface area (Å²) in [4.78, 5) is 0. The maximum Gasteiger partial charge on any atom is 0.166 e. The van der Waals surface area contributed by atoms with E-state index in [9.17, 15) is 8.78 Å². The van der Waals surface area contributed by atoms with Crippen LogP contribution in [0.5, 0.6) is 11.5 Å². The van der Waals surface area contributed by atoms with Gasteiger partial charge in [0, 0.05) is 12.1 Å². The molecule has 1 atom stereocenters. The van der Waals surface area contributed by atoms with Gasteiger partial charge >= 0.3 is 0 Å². The minimum absolute atomic E-state index is 0.0719. The van der Waals surface area contributed by atoms with Crippen LogP contribution in [0.2, 0.25) is 0 Å². The van der Waals surface area contributed by atoms with E-state index in [1.54, 1.807) is 12.1 Å². The third kappa shape index (κ3) is 4.26. The SMILES string of the molecule is CCCNC(C)c1ccc(Oc2cccc(F)c2)c(F)c1. The van der Waals surface area contributed by atoms with Crippen LogP contribution in [0.3, 0.4) is 0 Å². The van der Waals surface area contributed by atoms with Gasteiger partial charge in [-0.2, -0.15) is 0 Å². The number of halogens is 2. The van der Waals surface area contributed by atoms with Crippen molar-refractivity contribution >= 4 is 0 Å². The van der Waals surface area contributed by atoms with E-state index in [0.717, 1.165) is 18.5 Å². The van der Waals surface area contributed by atoms with Gasteiger partial charge in [0.05, 0.1) is 0 Å². The summed E-state index contributed by atoms with van der Waals surface area (Å²) in [7, 11) is 0. The molecule has 0 bridgehead atoms. The first-order valence-electron chi connectivity index (χ1n) is 7.06. The Labute approximate surface area is 123 Å². The molecule has 4 heteroatoms. The summed E-state index contributed by atoms with van der Waals surface area (Å²) in [5.41, 5.74) is 0.854. The third-order valence-corrected chi connectivity index (χ3v) is 3.18. The van der Waals surface area contributed by atoms with Gasteiger partial charge in [0.15, 0.2) is 11.6 Å². The highest BCUT2D eigenvalue weighted by atomic mass is 19.1. The number of hydrogen-bond donors (Lipinski definition) is 1. The van der Waals surface area contributed by atoms with E-state index in [-0.39, 0.29) is 17.5 Å². The smallest absolute Gasteiger partial charge is 0.166 e. The third-order valence-electron chi connectivity index (χ3n) is 3.18. The summed E-state index contributed by atoms with van der Waals surface area (Å²) < 4.78 is 32.5. The second-order valence-electron chi connectivity index (χ2n) is 4.93. The molecule has 0 aliphatic rings. The van der Waals surface area contributed by atoms with E-state index in [4.69, 9.17) is 4.74 Å². The first kappa shape index (κ1) is 15.4. The maximum absolute atomic E-state index is 14.1. The van der Waals surface area contributed by atoms with Gasteiger partial charge in [-0.3, -0.25) is 0 Å². The molecule has 0 aliphatic heterocycles. The zero-order chi connectivity index (χ0) is 15.2. The van der Waals surface area contributed by atoms with Crippen molar-refractivity contribution in [3.05, 3.63) is 59.7 Å². The van der Waals surface area contributed by atoms with Gasteiger partial charge in [-0.25, -0.2) is 8.78 Å². The average Bonchev–Trinajstić information content (AvgIpc) is 2.47. The van der Waals surface area contributed by atoms with Crippen molar-refractivity contribution in [3.8, 4) is 11.5 Å². The van der Waals surface area contributed by atoms with Crippen molar-refractivity contribution in [2.75, 3.05) is 6.54 Å². The molecular formula is C17H19F2NO. The molecule has 0 saturated heterocycles. The van der Waals surface area contributed by atoms with E-state index >= 15 is 0 Å². The summed E-state index contributed by atoms with van der Waals surface area (Å²) in [5.74, 6) is -0.505. The van der Waals surface area contributed by atoms with E-state index < -0.39 is 11.6 Å². The standard InChI is InChI=1S/C17H19F2NO/c1-3-9-20-12(2)13-7-8-17(16(19)10-13)21-15-6-4-5-14(18)11-15/h4-8,10-12,20H,3,9H2,1-2H3. The Morgan fingerprint density at radius 1 is 1.14 bits per heavy atom. The van der Waals surface area contributed by atoms with Crippen molar-refractivity contribution in [1.29, 1.82) is 0 Å². The molecule has 0 spiro atoms. The Morgan fingerprint density at radius 3 is 2.62 bits per heavy atom. The van der Waals surface area contributed by atoms with Crippen LogP contribution in [-0.2, 0) is 0 Å². The summed E-state index contributed by atoms with van der Waals surface area (Å²) >= 11 is 0. The zero-order valence-electron chi connectivity index (χ0n) is 12.2. The van der Waals surface area contributed by atoms with Crippen LogP contribution in [-0.4, -0.2) is 6.54 Å². The van der Waals surface area contributed by atoms with Gasteiger partial charge in [0.1, 0.15) is 11.6 Å². The van der Waals surface area contributed by atoms with Gasteiger partial charge in [0.25, 0.3) is 0 Å². The van der Waals surface area contributed by atoms with Crippen LogP contribution in [0.25, 0.3) is 0 Å².